The minimum atomic E-state index is -0.740. The van der Waals surface area contributed by atoms with Crippen molar-refractivity contribution in [2.45, 2.75) is 19.6 Å². The minimum absolute atomic E-state index is 0.295. The third-order valence-corrected chi connectivity index (χ3v) is 4.43. The molecule has 140 valence electrons. The number of rotatable bonds is 5. The van der Waals surface area contributed by atoms with Gasteiger partial charge in [0.1, 0.15) is 12.4 Å². The molecule has 7 heteroatoms. The van der Waals surface area contributed by atoms with Crippen molar-refractivity contribution in [3.8, 4) is 5.75 Å². The van der Waals surface area contributed by atoms with Crippen LogP contribution in [0.4, 0.5) is 4.79 Å². The number of carbonyl (C=O) groups excluding carboxylic acids is 2. The lowest BCUT2D eigenvalue weighted by atomic mass is 9.95. The first-order valence-corrected chi connectivity index (χ1v) is 8.70. The highest BCUT2D eigenvalue weighted by atomic mass is 35.5. The van der Waals surface area contributed by atoms with Crippen LogP contribution < -0.4 is 15.4 Å². The second kappa shape index (κ2) is 8.14. The molecule has 0 bridgehead atoms. The highest BCUT2D eigenvalue weighted by Gasteiger charge is 2.33. The summed E-state index contributed by atoms with van der Waals surface area (Å²) in [5.41, 5.74) is 2.29. The quantitative estimate of drug-likeness (QED) is 0.768. The molecule has 1 heterocycles. The van der Waals surface area contributed by atoms with Gasteiger partial charge in [-0.3, -0.25) is 0 Å². The van der Waals surface area contributed by atoms with Gasteiger partial charge in [0.05, 0.1) is 18.7 Å². The number of hydrogen-bond donors (Lipinski definition) is 2. The fraction of sp³-hybridized carbons (Fsp3) is 0.200. The second-order valence-corrected chi connectivity index (χ2v) is 6.45. The number of esters is 1. The Hall–Kier alpha value is -2.99. The molecule has 0 fully saturated rings. The van der Waals surface area contributed by atoms with Crippen LogP contribution >= 0.6 is 11.6 Å². The van der Waals surface area contributed by atoms with Crippen LogP contribution in [0, 0.1) is 0 Å². The Bertz CT molecular complexity index is 896. The third-order valence-electron chi connectivity index (χ3n) is 4.19. The lowest BCUT2D eigenvalue weighted by Crippen LogP contribution is -2.45. The molecule has 0 radical (unpaired) electrons. The van der Waals surface area contributed by atoms with Crippen molar-refractivity contribution in [2.75, 3.05) is 7.11 Å². The molecule has 1 atom stereocenters. The molecule has 0 spiro atoms. The summed E-state index contributed by atoms with van der Waals surface area (Å²) < 4.78 is 10.8. The van der Waals surface area contributed by atoms with Gasteiger partial charge in [-0.05, 0) is 30.7 Å². The molecule has 1 aliphatic rings. The van der Waals surface area contributed by atoms with Crippen molar-refractivity contribution in [3.63, 3.8) is 0 Å². The van der Waals surface area contributed by atoms with Crippen LogP contribution in [-0.4, -0.2) is 19.1 Å². The molecule has 0 saturated heterocycles. The summed E-state index contributed by atoms with van der Waals surface area (Å²) in [5.74, 6) is -0.0244. The Morgan fingerprint density at radius 3 is 2.63 bits per heavy atom. The van der Waals surface area contributed by atoms with Gasteiger partial charge in [0, 0.05) is 16.3 Å². The van der Waals surface area contributed by atoms with Crippen LogP contribution in [0.5, 0.6) is 5.75 Å². The molecule has 27 heavy (non-hydrogen) atoms. The zero-order valence-electron chi connectivity index (χ0n) is 14.9. The zero-order chi connectivity index (χ0) is 19.4. The first-order valence-electron chi connectivity index (χ1n) is 8.32. The molecule has 2 aromatic rings. The van der Waals surface area contributed by atoms with E-state index in [-0.39, 0.29) is 0 Å². The summed E-state index contributed by atoms with van der Waals surface area (Å²) in [4.78, 5) is 24.3. The van der Waals surface area contributed by atoms with E-state index in [1.54, 1.807) is 25.1 Å². The number of carbonyl (C=O) groups is 2. The standard InChI is InChI=1S/C20H19ClN2O4/c1-12-17(19(24)26-2)18(23-20(25)22-12)15-10-14(21)8-9-16(15)27-11-13-6-4-3-5-7-13/h3-10,18H,11H2,1-2H3,(H2,22,23,25). The maximum atomic E-state index is 12.3. The molecule has 1 aliphatic heterocycles. The van der Waals surface area contributed by atoms with Gasteiger partial charge >= 0.3 is 12.0 Å². The number of hydrogen-bond acceptors (Lipinski definition) is 4. The van der Waals surface area contributed by atoms with Crippen LogP contribution in [0.15, 0.2) is 59.8 Å². The molecule has 2 N–H and O–H groups in total. The first-order chi connectivity index (χ1) is 13.0. The Balaban J connectivity index is 1.98. The van der Waals surface area contributed by atoms with E-state index in [1.165, 1.54) is 7.11 Å². The van der Waals surface area contributed by atoms with Crippen LogP contribution in [0.25, 0.3) is 0 Å². The van der Waals surface area contributed by atoms with Gasteiger partial charge in [-0.1, -0.05) is 41.9 Å². The zero-order valence-corrected chi connectivity index (χ0v) is 15.7. The predicted octanol–water partition coefficient (Wildman–Crippen LogP) is 3.72. The molecule has 0 aromatic heterocycles. The largest absolute Gasteiger partial charge is 0.489 e. The Kier molecular flexibility index (Phi) is 5.66. The Morgan fingerprint density at radius 2 is 1.93 bits per heavy atom. The van der Waals surface area contributed by atoms with Crippen molar-refractivity contribution < 1.29 is 19.1 Å². The average Bonchev–Trinajstić information content (AvgIpc) is 2.66. The number of halogens is 1. The number of methoxy groups -OCH3 is 1. The van der Waals surface area contributed by atoms with E-state index in [2.05, 4.69) is 10.6 Å². The average molecular weight is 387 g/mol. The van der Waals surface area contributed by atoms with Gasteiger partial charge in [0.15, 0.2) is 0 Å². The first kappa shape index (κ1) is 18.8. The van der Waals surface area contributed by atoms with Gasteiger partial charge < -0.3 is 20.1 Å². The number of benzene rings is 2. The lowest BCUT2D eigenvalue weighted by Gasteiger charge is -2.29. The van der Waals surface area contributed by atoms with E-state index < -0.39 is 18.0 Å². The summed E-state index contributed by atoms with van der Waals surface area (Å²) in [6, 6.07) is 13.6. The van der Waals surface area contributed by atoms with Crippen molar-refractivity contribution >= 4 is 23.6 Å². The van der Waals surface area contributed by atoms with Crippen molar-refractivity contribution in [2.24, 2.45) is 0 Å². The smallest absolute Gasteiger partial charge is 0.337 e. The van der Waals surface area contributed by atoms with Gasteiger partial charge in [-0.2, -0.15) is 0 Å². The number of nitrogens with one attached hydrogen (secondary N) is 2. The lowest BCUT2D eigenvalue weighted by molar-refractivity contribution is -0.136. The number of urea groups is 1. The maximum absolute atomic E-state index is 12.3. The molecule has 6 nitrogen and oxygen atoms in total. The second-order valence-electron chi connectivity index (χ2n) is 6.02. The molecule has 1 unspecified atom stereocenters. The molecule has 0 aliphatic carbocycles. The monoisotopic (exact) mass is 386 g/mol. The van der Waals surface area contributed by atoms with Gasteiger partial charge in [0.25, 0.3) is 0 Å². The van der Waals surface area contributed by atoms with Gasteiger partial charge in [0.2, 0.25) is 0 Å². The summed E-state index contributed by atoms with van der Waals surface area (Å²) in [7, 11) is 1.29. The minimum Gasteiger partial charge on any atom is -0.489 e. The van der Waals surface area contributed by atoms with E-state index in [9.17, 15) is 9.59 Å². The summed E-state index contributed by atoms with van der Waals surface area (Å²) in [6.07, 6.45) is 0. The Labute approximate surface area is 162 Å². The molecule has 2 aromatic carbocycles. The molecule has 2 amide bonds. The number of ether oxygens (including phenoxy) is 2. The number of amides is 2. The normalized spacial score (nSPS) is 16.4. The molecule has 3 rings (SSSR count). The highest BCUT2D eigenvalue weighted by Crippen LogP contribution is 2.35. The van der Waals surface area contributed by atoms with E-state index in [1.807, 2.05) is 30.3 Å². The molecular formula is C20H19ClN2O4. The molecular weight excluding hydrogens is 368 g/mol. The van der Waals surface area contributed by atoms with Gasteiger partial charge in [-0.15, -0.1) is 0 Å². The van der Waals surface area contributed by atoms with E-state index in [0.29, 0.717) is 34.2 Å². The summed E-state index contributed by atoms with van der Waals surface area (Å²) >= 11 is 6.17. The van der Waals surface area contributed by atoms with Crippen LogP contribution in [-0.2, 0) is 16.1 Å². The van der Waals surface area contributed by atoms with Crippen LogP contribution in [0.3, 0.4) is 0 Å². The SMILES string of the molecule is COC(=O)C1=C(C)NC(=O)NC1c1cc(Cl)ccc1OCc1ccccc1. The highest BCUT2D eigenvalue weighted by molar-refractivity contribution is 6.30. The van der Waals surface area contributed by atoms with Gasteiger partial charge in [-0.25, -0.2) is 9.59 Å². The van der Waals surface area contributed by atoms with Crippen LogP contribution in [0.1, 0.15) is 24.1 Å². The van der Waals surface area contributed by atoms with Crippen LogP contribution in [0.2, 0.25) is 5.02 Å². The van der Waals surface area contributed by atoms with E-state index in [4.69, 9.17) is 21.1 Å². The van der Waals surface area contributed by atoms with Crippen molar-refractivity contribution in [1.82, 2.24) is 10.6 Å². The summed E-state index contributed by atoms with van der Waals surface area (Å²) in [6.45, 7) is 1.98. The fourth-order valence-corrected chi connectivity index (χ4v) is 3.10. The van der Waals surface area contributed by atoms with Crippen molar-refractivity contribution in [3.05, 3.63) is 76.0 Å². The topological polar surface area (TPSA) is 76.7 Å². The predicted molar refractivity (Wildman–Crippen MR) is 101 cm³/mol. The van der Waals surface area contributed by atoms with E-state index >= 15 is 0 Å². The third kappa shape index (κ3) is 4.23. The molecule has 0 saturated carbocycles. The van der Waals surface area contributed by atoms with E-state index in [0.717, 1.165) is 5.56 Å². The fourth-order valence-electron chi connectivity index (χ4n) is 2.92. The number of allylic oxidation sites excluding steroid dienone is 1. The Morgan fingerprint density at radius 1 is 1.19 bits per heavy atom. The maximum Gasteiger partial charge on any atom is 0.337 e. The van der Waals surface area contributed by atoms with Crippen molar-refractivity contribution in [1.29, 1.82) is 0 Å². The summed E-state index contributed by atoms with van der Waals surface area (Å²) in [5, 5.41) is 5.80.